The van der Waals surface area contributed by atoms with Gasteiger partial charge in [0.1, 0.15) is 22.3 Å². The van der Waals surface area contributed by atoms with Crippen molar-refractivity contribution in [2.24, 2.45) is 0 Å². The zero-order valence-electron chi connectivity index (χ0n) is 31.0. The van der Waals surface area contributed by atoms with Crippen LogP contribution in [0.3, 0.4) is 0 Å². The van der Waals surface area contributed by atoms with E-state index in [0.717, 1.165) is 94.3 Å². The van der Waals surface area contributed by atoms with Crippen LogP contribution in [0, 0.1) is 0 Å². The minimum absolute atomic E-state index is 0.901. The first-order valence-corrected chi connectivity index (χ1v) is 19.3. The van der Waals surface area contributed by atoms with Crippen molar-refractivity contribution in [3.8, 4) is 44.5 Å². The first kappa shape index (κ1) is 32.8. The number of hydrogen-bond donors (Lipinski definition) is 0. The lowest BCUT2D eigenvalue weighted by Crippen LogP contribution is -2.11. The second-order valence-electron chi connectivity index (χ2n) is 14.5. The Kier molecular flexibility index (Phi) is 7.82. The monoisotopic (exact) mass is 729 g/mol. The summed E-state index contributed by atoms with van der Waals surface area (Å²) >= 11 is 0. The average Bonchev–Trinajstić information content (AvgIpc) is 3.85. The normalized spacial score (nSPS) is 11.5. The number of para-hydroxylation sites is 3. The summed E-state index contributed by atoms with van der Waals surface area (Å²) in [5.74, 6) is 0. The van der Waals surface area contributed by atoms with Gasteiger partial charge in [0.15, 0.2) is 0 Å². The van der Waals surface area contributed by atoms with Crippen molar-refractivity contribution in [2.45, 2.75) is 0 Å². The van der Waals surface area contributed by atoms with E-state index in [1.54, 1.807) is 0 Å². The molecule has 2 aromatic heterocycles. The molecule has 0 bridgehead atoms. The van der Waals surface area contributed by atoms with Crippen molar-refractivity contribution in [3.63, 3.8) is 0 Å². The standard InChI is InChI=1S/C54H35NO2/c1-2-10-36(11-3-1)37-18-20-40(21-19-37)45-12-4-7-15-50(45)55(43-28-22-38(23-29-43)41-26-32-53-48(34-41)46-13-5-8-16-51(46)56-53)44-30-24-39(25-31-44)42-27-33-54-49(35-42)47-14-6-9-17-52(47)57-54/h1-35H. The minimum Gasteiger partial charge on any atom is -0.456 e. The molecule has 3 heteroatoms. The molecule has 0 atom stereocenters. The van der Waals surface area contributed by atoms with Crippen molar-refractivity contribution in [3.05, 3.63) is 212 Å². The smallest absolute Gasteiger partial charge is 0.135 e. The third-order valence-electron chi connectivity index (χ3n) is 11.1. The molecule has 0 saturated carbocycles. The summed E-state index contributed by atoms with van der Waals surface area (Å²) < 4.78 is 12.3. The first-order chi connectivity index (χ1) is 28.2. The molecule has 57 heavy (non-hydrogen) atoms. The van der Waals surface area contributed by atoms with Crippen molar-refractivity contribution in [1.29, 1.82) is 0 Å². The lowest BCUT2D eigenvalue weighted by molar-refractivity contribution is 0.668. The summed E-state index contributed by atoms with van der Waals surface area (Å²) in [7, 11) is 0. The van der Waals surface area contributed by atoms with Crippen LogP contribution in [0.1, 0.15) is 0 Å². The van der Waals surface area contributed by atoms with Crippen molar-refractivity contribution < 1.29 is 8.83 Å². The topological polar surface area (TPSA) is 29.5 Å². The number of nitrogens with zero attached hydrogens (tertiary/aromatic N) is 1. The fourth-order valence-electron chi connectivity index (χ4n) is 8.23. The highest BCUT2D eigenvalue weighted by Crippen LogP contribution is 2.43. The molecule has 0 radical (unpaired) electrons. The van der Waals surface area contributed by atoms with Gasteiger partial charge in [-0.1, -0.05) is 146 Å². The summed E-state index contributed by atoms with van der Waals surface area (Å²) in [5, 5.41) is 4.52. The summed E-state index contributed by atoms with van der Waals surface area (Å²) in [6.45, 7) is 0. The molecule has 0 unspecified atom stereocenters. The zero-order chi connectivity index (χ0) is 37.7. The van der Waals surface area contributed by atoms with Gasteiger partial charge in [-0.3, -0.25) is 0 Å². The van der Waals surface area contributed by atoms with E-state index < -0.39 is 0 Å². The fourth-order valence-corrected chi connectivity index (χ4v) is 8.23. The average molecular weight is 730 g/mol. The van der Waals surface area contributed by atoms with Gasteiger partial charge in [0.05, 0.1) is 5.69 Å². The lowest BCUT2D eigenvalue weighted by atomic mass is 9.97. The van der Waals surface area contributed by atoms with Crippen LogP contribution in [0.2, 0.25) is 0 Å². The predicted molar refractivity (Wildman–Crippen MR) is 237 cm³/mol. The zero-order valence-corrected chi connectivity index (χ0v) is 31.0. The van der Waals surface area contributed by atoms with E-state index in [1.165, 1.54) is 11.1 Å². The van der Waals surface area contributed by atoms with Gasteiger partial charge in [-0.15, -0.1) is 0 Å². The highest BCUT2D eigenvalue weighted by molar-refractivity contribution is 6.07. The molecule has 2 heterocycles. The summed E-state index contributed by atoms with van der Waals surface area (Å²) in [4.78, 5) is 2.37. The molecule has 0 saturated heterocycles. The van der Waals surface area contributed by atoms with Crippen LogP contribution in [-0.2, 0) is 0 Å². The fraction of sp³-hybridized carbons (Fsp3) is 0. The Balaban J connectivity index is 1.00. The van der Waals surface area contributed by atoms with Crippen LogP contribution in [0.15, 0.2) is 221 Å². The predicted octanol–water partition coefficient (Wildman–Crippen LogP) is 15.6. The van der Waals surface area contributed by atoms with Crippen molar-refractivity contribution in [2.75, 3.05) is 4.90 Å². The molecular formula is C54H35NO2. The van der Waals surface area contributed by atoms with Gasteiger partial charge in [0.2, 0.25) is 0 Å². The Hall–Kier alpha value is -7.62. The van der Waals surface area contributed by atoms with Crippen LogP contribution in [0.4, 0.5) is 17.1 Å². The maximum atomic E-state index is 6.13. The number of rotatable bonds is 7. The van der Waals surface area contributed by atoms with Crippen LogP contribution >= 0.6 is 0 Å². The molecule has 0 fully saturated rings. The number of furan rings is 2. The molecule has 9 aromatic carbocycles. The number of anilines is 3. The maximum Gasteiger partial charge on any atom is 0.135 e. The third-order valence-corrected chi connectivity index (χ3v) is 11.1. The minimum atomic E-state index is 0.901. The van der Waals surface area contributed by atoms with E-state index in [4.69, 9.17) is 8.83 Å². The van der Waals surface area contributed by atoms with Crippen LogP contribution in [-0.4, -0.2) is 0 Å². The first-order valence-electron chi connectivity index (χ1n) is 19.3. The molecule has 0 aliphatic heterocycles. The molecule has 0 spiro atoms. The maximum absolute atomic E-state index is 6.13. The highest BCUT2D eigenvalue weighted by atomic mass is 16.3. The Morgan fingerprint density at radius 2 is 0.649 bits per heavy atom. The number of hydrogen-bond acceptors (Lipinski definition) is 3. The van der Waals surface area contributed by atoms with Crippen molar-refractivity contribution in [1.82, 2.24) is 0 Å². The largest absolute Gasteiger partial charge is 0.456 e. The van der Waals surface area contributed by atoms with Crippen LogP contribution in [0.5, 0.6) is 0 Å². The Labute approximate surface area is 330 Å². The third kappa shape index (κ3) is 5.85. The Bertz CT molecular complexity index is 3050. The second-order valence-corrected chi connectivity index (χ2v) is 14.5. The van der Waals surface area contributed by atoms with Gasteiger partial charge in [-0.05, 0) is 106 Å². The summed E-state index contributed by atoms with van der Waals surface area (Å²) in [5.41, 5.74) is 16.2. The Morgan fingerprint density at radius 3 is 1.21 bits per heavy atom. The molecule has 0 N–H and O–H groups in total. The van der Waals surface area contributed by atoms with Gasteiger partial charge in [-0.2, -0.15) is 0 Å². The van der Waals surface area contributed by atoms with Crippen molar-refractivity contribution >= 4 is 60.9 Å². The van der Waals surface area contributed by atoms with E-state index >= 15 is 0 Å². The lowest BCUT2D eigenvalue weighted by Gasteiger charge is -2.28. The molecule has 11 rings (SSSR count). The number of fused-ring (bicyclic) bond motifs is 6. The molecule has 0 aliphatic carbocycles. The molecule has 0 aliphatic rings. The van der Waals surface area contributed by atoms with E-state index in [-0.39, 0.29) is 0 Å². The molecular weight excluding hydrogens is 695 g/mol. The Morgan fingerprint density at radius 1 is 0.263 bits per heavy atom. The van der Waals surface area contributed by atoms with Crippen LogP contribution < -0.4 is 4.90 Å². The quantitative estimate of drug-likeness (QED) is 0.164. The van der Waals surface area contributed by atoms with Crippen LogP contribution in [0.25, 0.3) is 88.4 Å². The van der Waals surface area contributed by atoms with Gasteiger partial charge >= 0.3 is 0 Å². The SMILES string of the molecule is c1ccc(-c2ccc(-c3ccccc3N(c3ccc(-c4ccc5oc6ccccc6c5c4)cc3)c3ccc(-c4ccc5oc6ccccc6c5c4)cc3)cc2)cc1. The van der Waals surface area contributed by atoms with E-state index in [9.17, 15) is 0 Å². The van der Waals surface area contributed by atoms with E-state index in [2.05, 4.69) is 193 Å². The molecule has 11 aromatic rings. The highest BCUT2D eigenvalue weighted by Gasteiger charge is 2.18. The summed E-state index contributed by atoms with van der Waals surface area (Å²) in [6, 6.07) is 75.4. The molecule has 268 valence electrons. The number of benzene rings is 9. The molecule has 0 amide bonds. The van der Waals surface area contributed by atoms with Gasteiger partial charge < -0.3 is 13.7 Å². The van der Waals surface area contributed by atoms with E-state index in [1.807, 2.05) is 24.3 Å². The van der Waals surface area contributed by atoms with E-state index in [0.29, 0.717) is 0 Å². The molecule has 3 nitrogen and oxygen atoms in total. The van der Waals surface area contributed by atoms with Gasteiger partial charge in [-0.25, -0.2) is 0 Å². The second kappa shape index (κ2) is 13.6. The van der Waals surface area contributed by atoms with Gasteiger partial charge in [0, 0.05) is 38.5 Å². The van der Waals surface area contributed by atoms with Gasteiger partial charge in [0.25, 0.3) is 0 Å². The summed E-state index contributed by atoms with van der Waals surface area (Å²) in [6.07, 6.45) is 0.